The van der Waals surface area contributed by atoms with E-state index in [2.05, 4.69) is 4.98 Å². The van der Waals surface area contributed by atoms with Gasteiger partial charge < -0.3 is 19.9 Å². The van der Waals surface area contributed by atoms with Crippen molar-refractivity contribution >= 4 is 0 Å². The van der Waals surface area contributed by atoms with Crippen LogP contribution >= 0.6 is 0 Å². The van der Waals surface area contributed by atoms with E-state index in [-0.39, 0.29) is 0 Å². The molecule has 21 heavy (non-hydrogen) atoms. The second-order valence-electron chi connectivity index (χ2n) is 4.61. The molecule has 5 heteroatoms. The standard InChI is InChI=1S/C16H20N2O3/c1-11-6-15(20-3)8-13(18-11)10-21-16-5-4-14(19-2)7-12(16)9-17/h4-8H,9-10,17H2,1-3H3. The molecule has 0 atom stereocenters. The van der Waals surface area contributed by atoms with E-state index in [4.69, 9.17) is 19.9 Å². The predicted octanol–water partition coefficient (Wildman–Crippen LogP) is 2.44. The predicted molar refractivity (Wildman–Crippen MR) is 80.7 cm³/mol. The molecule has 0 aliphatic carbocycles. The number of hydrogen-bond donors (Lipinski definition) is 1. The van der Waals surface area contributed by atoms with Crippen molar-refractivity contribution in [1.82, 2.24) is 4.98 Å². The third-order valence-electron chi connectivity index (χ3n) is 3.08. The Morgan fingerprint density at radius 3 is 2.48 bits per heavy atom. The van der Waals surface area contributed by atoms with Gasteiger partial charge in [0.2, 0.25) is 0 Å². The lowest BCUT2D eigenvalue weighted by Crippen LogP contribution is -2.05. The monoisotopic (exact) mass is 288 g/mol. The Bertz CT molecular complexity index is 614. The number of benzene rings is 1. The summed E-state index contributed by atoms with van der Waals surface area (Å²) in [5.74, 6) is 2.27. The Hall–Kier alpha value is -2.27. The van der Waals surface area contributed by atoms with Gasteiger partial charge in [-0.2, -0.15) is 0 Å². The fraction of sp³-hybridized carbons (Fsp3) is 0.312. The third kappa shape index (κ3) is 3.86. The van der Waals surface area contributed by atoms with Gasteiger partial charge in [-0.05, 0) is 25.1 Å². The number of nitrogens with zero attached hydrogens (tertiary/aromatic N) is 1. The molecule has 0 radical (unpaired) electrons. The van der Waals surface area contributed by atoms with Crippen LogP contribution in [0.4, 0.5) is 0 Å². The number of nitrogens with two attached hydrogens (primary N) is 1. The highest BCUT2D eigenvalue weighted by Gasteiger charge is 2.06. The molecule has 2 aromatic rings. The first-order chi connectivity index (χ1) is 10.2. The second kappa shape index (κ2) is 6.95. The molecule has 0 saturated heterocycles. The molecule has 0 spiro atoms. The molecule has 0 aliphatic heterocycles. The van der Waals surface area contributed by atoms with Crippen LogP contribution in [0.25, 0.3) is 0 Å². The van der Waals surface area contributed by atoms with Crippen LogP contribution in [0.15, 0.2) is 30.3 Å². The molecule has 0 saturated carbocycles. The normalized spacial score (nSPS) is 10.3. The van der Waals surface area contributed by atoms with E-state index in [0.29, 0.717) is 13.2 Å². The van der Waals surface area contributed by atoms with Crippen LogP contribution in [-0.2, 0) is 13.2 Å². The molecule has 0 bridgehead atoms. The molecule has 0 amide bonds. The Morgan fingerprint density at radius 2 is 1.81 bits per heavy atom. The average molecular weight is 288 g/mol. The average Bonchev–Trinajstić information content (AvgIpc) is 2.52. The van der Waals surface area contributed by atoms with Gasteiger partial charge in [-0.3, -0.25) is 4.98 Å². The highest BCUT2D eigenvalue weighted by Crippen LogP contribution is 2.25. The van der Waals surface area contributed by atoms with E-state index in [9.17, 15) is 0 Å². The van der Waals surface area contributed by atoms with Crippen LogP contribution < -0.4 is 19.9 Å². The van der Waals surface area contributed by atoms with Crippen molar-refractivity contribution in [3.63, 3.8) is 0 Å². The topological polar surface area (TPSA) is 66.6 Å². The maximum absolute atomic E-state index is 5.81. The minimum Gasteiger partial charge on any atom is -0.497 e. The van der Waals surface area contributed by atoms with Gasteiger partial charge in [0.25, 0.3) is 0 Å². The van der Waals surface area contributed by atoms with Gasteiger partial charge >= 0.3 is 0 Å². The maximum atomic E-state index is 5.81. The van der Waals surface area contributed by atoms with Crippen LogP contribution in [0.3, 0.4) is 0 Å². The van der Waals surface area contributed by atoms with Crippen LogP contribution in [0, 0.1) is 6.92 Å². The van der Waals surface area contributed by atoms with E-state index < -0.39 is 0 Å². The highest BCUT2D eigenvalue weighted by molar-refractivity contribution is 5.40. The van der Waals surface area contributed by atoms with Crippen molar-refractivity contribution in [3.05, 3.63) is 47.3 Å². The smallest absolute Gasteiger partial charge is 0.130 e. The van der Waals surface area contributed by atoms with Crippen LogP contribution in [0.1, 0.15) is 17.0 Å². The minimum absolute atomic E-state index is 0.359. The van der Waals surface area contributed by atoms with Crippen molar-refractivity contribution in [2.75, 3.05) is 14.2 Å². The third-order valence-corrected chi connectivity index (χ3v) is 3.08. The number of pyridine rings is 1. The van der Waals surface area contributed by atoms with E-state index in [1.54, 1.807) is 14.2 Å². The van der Waals surface area contributed by atoms with Gasteiger partial charge in [0.05, 0.1) is 19.9 Å². The van der Waals surface area contributed by atoms with Gasteiger partial charge in [-0.25, -0.2) is 0 Å². The Morgan fingerprint density at radius 1 is 1.05 bits per heavy atom. The summed E-state index contributed by atoms with van der Waals surface area (Å²) in [4.78, 5) is 4.43. The lowest BCUT2D eigenvalue weighted by Gasteiger charge is -2.12. The van der Waals surface area contributed by atoms with Crippen LogP contribution in [-0.4, -0.2) is 19.2 Å². The zero-order chi connectivity index (χ0) is 15.2. The molecule has 1 aromatic carbocycles. The zero-order valence-electron chi connectivity index (χ0n) is 12.6. The van der Waals surface area contributed by atoms with Crippen LogP contribution in [0.5, 0.6) is 17.2 Å². The minimum atomic E-state index is 0.359. The van der Waals surface area contributed by atoms with E-state index in [1.165, 1.54) is 0 Å². The second-order valence-corrected chi connectivity index (χ2v) is 4.61. The Labute approximate surface area is 124 Å². The number of hydrogen-bond acceptors (Lipinski definition) is 5. The zero-order valence-corrected chi connectivity index (χ0v) is 12.6. The maximum Gasteiger partial charge on any atom is 0.130 e. The molecule has 0 unspecified atom stereocenters. The first-order valence-electron chi connectivity index (χ1n) is 6.67. The first kappa shape index (κ1) is 15.1. The number of aromatic nitrogens is 1. The fourth-order valence-corrected chi connectivity index (χ4v) is 2.03. The molecule has 0 aliphatic rings. The summed E-state index contributed by atoms with van der Waals surface area (Å²) in [6.45, 7) is 2.67. The summed E-state index contributed by atoms with van der Waals surface area (Å²) < 4.78 is 16.2. The molecule has 112 valence electrons. The number of methoxy groups -OCH3 is 2. The van der Waals surface area contributed by atoms with Crippen molar-refractivity contribution in [2.45, 2.75) is 20.1 Å². The fourth-order valence-electron chi connectivity index (χ4n) is 2.03. The summed E-state index contributed by atoms with van der Waals surface area (Å²) in [6, 6.07) is 9.31. The van der Waals surface area contributed by atoms with Gasteiger partial charge in [-0.15, -0.1) is 0 Å². The molecule has 5 nitrogen and oxygen atoms in total. The summed E-state index contributed by atoms with van der Waals surface area (Å²) in [6.07, 6.45) is 0. The molecule has 0 fully saturated rings. The molecular formula is C16H20N2O3. The van der Waals surface area contributed by atoms with Crippen molar-refractivity contribution < 1.29 is 14.2 Å². The van der Waals surface area contributed by atoms with Gasteiger partial charge in [0, 0.05) is 29.9 Å². The van der Waals surface area contributed by atoms with E-state index in [1.807, 2.05) is 37.3 Å². The summed E-state index contributed by atoms with van der Waals surface area (Å²) in [5.41, 5.74) is 8.34. The van der Waals surface area contributed by atoms with Gasteiger partial charge in [0.15, 0.2) is 0 Å². The van der Waals surface area contributed by atoms with Crippen molar-refractivity contribution in [2.24, 2.45) is 5.73 Å². The summed E-state index contributed by atoms with van der Waals surface area (Å²) in [5, 5.41) is 0. The molecule has 1 heterocycles. The SMILES string of the molecule is COc1cc(C)nc(COc2ccc(OC)cc2CN)c1. The highest BCUT2D eigenvalue weighted by atomic mass is 16.5. The first-order valence-corrected chi connectivity index (χ1v) is 6.67. The van der Waals surface area contributed by atoms with Crippen LogP contribution in [0.2, 0.25) is 0 Å². The lowest BCUT2D eigenvalue weighted by atomic mass is 10.2. The van der Waals surface area contributed by atoms with E-state index in [0.717, 1.165) is 34.2 Å². The Kier molecular flexibility index (Phi) is 5.00. The summed E-state index contributed by atoms with van der Waals surface area (Å²) >= 11 is 0. The number of aryl methyl sites for hydroxylation is 1. The Balaban J connectivity index is 2.14. The van der Waals surface area contributed by atoms with Gasteiger partial charge in [0.1, 0.15) is 23.9 Å². The number of rotatable bonds is 6. The molecule has 2 N–H and O–H groups in total. The quantitative estimate of drug-likeness (QED) is 0.884. The van der Waals surface area contributed by atoms with Crippen molar-refractivity contribution in [1.29, 1.82) is 0 Å². The van der Waals surface area contributed by atoms with Crippen molar-refractivity contribution in [3.8, 4) is 17.2 Å². The number of ether oxygens (including phenoxy) is 3. The molecular weight excluding hydrogens is 268 g/mol. The molecule has 1 aromatic heterocycles. The molecule has 2 rings (SSSR count). The van der Waals surface area contributed by atoms with Gasteiger partial charge in [-0.1, -0.05) is 0 Å². The largest absolute Gasteiger partial charge is 0.497 e. The lowest BCUT2D eigenvalue weighted by molar-refractivity contribution is 0.296. The van der Waals surface area contributed by atoms with E-state index >= 15 is 0 Å². The summed E-state index contributed by atoms with van der Waals surface area (Å²) in [7, 11) is 3.26.